The molecule has 2 nitrogen and oxygen atoms in total. The van der Waals surface area contributed by atoms with Crippen LogP contribution in [0.2, 0.25) is 10.3 Å². The van der Waals surface area contributed by atoms with Gasteiger partial charge in [0.2, 0.25) is 0 Å². The van der Waals surface area contributed by atoms with Crippen molar-refractivity contribution >= 4 is 29.5 Å². The zero-order chi connectivity index (χ0) is 8.43. The van der Waals surface area contributed by atoms with E-state index in [-0.39, 0.29) is 5.15 Å². The number of hydrogen-bond donors (Lipinski definition) is 0. The van der Waals surface area contributed by atoms with Crippen molar-refractivity contribution in [2.45, 2.75) is 6.92 Å². The van der Waals surface area contributed by atoms with Crippen LogP contribution in [0.4, 0.5) is 0 Å². The summed E-state index contributed by atoms with van der Waals surface area (Å²) in [6, 6.07) is 1.60. The first-order valence-corrected chi connectivity index (χ1v) is 3.68. The minimum Gasteiger partial charge on any atom is -0.298 e. The van der Waals surface area contributed by atoms with Gasteiger partial charge in [0.05, 0.1) is 5.56 Å². The second-order valence-corrected chi connectivity index (χ2v) is 2.81. The van der Waals surface area contributed by atoms with Crippen LogP contribution >= 0.6 is 23.2 Å². The van der Waals surface area contributed by atoms with Crippen LogP contribution < -0.4 is 0 Å². The third-order valence-electron chi connectivity index (χ3n) is 1.26. The Morgan fingerprint density at radius 3 is 2.64 bits per heavy atom. The van der Waals surface area contributed by atoms with Gasteiger partial charge in [-0.05, 0) is 18.6 Å². The molecule has 0 N–H and O–H groups in total. The molecule has 0 saturated heterocycles. The van der Waals surface area contributed by atoms with Crippen molar-refractivity contribution in [3.63, 3.8) is 0 Å². The highest BCUT2D eigenvalue weighted by Crippen LogP contribution is 2.18. The topological polar surface area (TPSA) is 30.0 Å². The van der Waals surface area contributed by atoms with Crippen molar-refractivity contribution < 1.29 is 4.79 Å². The zero-order valence-corrected chi connectivity index (χ0v) is 7.28. The Morgan fingerprint density at radius 2 is 2.09 bits per heavy atom. The van der Waals surface area contributed by atoms with E-state index in [1.54, 1.807) is 13.0 Å². The minimum atomic E-state index is 0.149. The number of halogens is 2. The molecule has 0 aromatic carbocycles. The molecule has 1 aromatic heterocycles. The van der Waals surface area contributed by atoms with Gasteiger partial charge in [-0.15, -0.1) is 0 Å². The molecule has 4 heteroatoms. The summed E-state index contributed by atoms with van der Waals surface area (Å²) in [5.41, 5.74) is 1.12. The fraction of sp³-hybridized carbons (Fsp3) is 0.143. The minimum absolute atomic E-state index is 0.149. The first-order chi connectivity index (χ1) is 5.15. The highest BCUT2D eigenvalue weighted by Gasteiger charge is 2.03. The fourth-order valence-electron chi connectivity index (χ4n) is 0.674. The van der Waals surface area contributed by atoms with Crippen LogP contribution in [0.1, 0.15) is 15.9 Å². The van der Waals surface area contributed by atoms with Gasteiger partial charge in [0.15, 0.2) is 6.29 Å². The van der Waals surface area contributed by atoms with Crippen LogP contribution in [0.5, 0.6) is 0 Å². The predicted molar refractivity (Wildman–Crippen MR) is 44.4 cm³/mol. The first-order valence-electron chi connectivity index (χ1n) is 2.93. The molecule has 0 saturated carbocycles. The zero-order valence-electron chi connectivity index (χ0n) is 5.77. The van der Waals surface area contributed by atoms with E-state index >= 15 is 0 Å². The van der Waals surface area contributed by atoms with Crippen LogP contribution in [-0.2, 0) is 0 Å². The van der Waals surface area contributed by atoms with E-state index in [2.05, 4.69) is 4.98 Å². The predicted octanol–water partition coefficient (Wildman–Crippen LogP) is 2.51. The Morgan fingerprint density at radius 1 is 1.45 bits per heavy atom. The summed E-state index contributed by atoms with van der Waals surface area (Å²) in [6.07, 6.45) is 0.651. The molecular formula is C7H5Cl2NO. The quantitative estimate of drug-likeness (QED) is 0.503. The average molecular weight is 190 g/mol. The Labute approximate surface area is 74.1 Å². The van der Waals surface area contributed by atoms with E-state index in [1.165, 1.54) is 0 Å². The summed E-state index contributed by atoms with van der Waals surface area (Å²) < 4.78 is 0. The molecule has 0 fully saturated rings. The number of nitrogens with zero attached hydrogens (tertiary/aromatic N) is 1. The van der Waals surface area contributed by atoms with Crippen molar-refractivity contribution in [2.75, 3.05) is 0 Å². The van der Waals surface area contributed by atoms with E-state index in [0.29, 0.717) is 17.0 Å². The van der Waals surface area contributed by atoms with Gasteiger partial charge in [-0.25, -0.2) is 4.98 Å². The Bertz CT molecular complexity index is 299. The van der Waals surface area contributed by atoms with Crippen LogP contribution in [0.15, 0.2) is 6.07 Å². The summed E-state index contributed by atoms with van der Waals surface area (Å²) >= 11 is 11.2. The molecule has 1 rings (SSSR count). The monoisotopic (exact) mass is 189 g/mol. The number of aldehydes is 1. The van der Waals surface area contributed by atoms with Crippen LogP contribution in [0.25, 0.3) is 0 Å². The molecule has 0 amide bonds. The van der Waals surface area contributed by atoms with Gasteiger partial charge in [0.1, 0.15) is 10.3 Å². The van der Waals surface area contributed by atoms with E-state index in [9.17, 15) is 4.79 Å². The summed E-state index contributed by atoms with van der Waals surface area (Å²) in [5.74, 6) is 0. The number of pyridine rings is 1. The van der Waals surface area contributed by atoms with E-state index in [1.807, 2.05) is 0 Å². The van der Waals surface area contributed by atoms with Gasteiger partial charge >= 0.3 is 0 Å². The molecule has 0 unspecified atom stereocenters. The summed E-state index contributed by atoms with van der Waals surface area (Å²) in [5, 5.41) is 0.483. The third-order valence-corrected chi connectivity index (χ3v) is 1.94. The molecule has 0 aliphatic rings. The standard InChI is InChI=1S/C7H5Cl2NO/c1-4-2-5(3-11)7(9)10-6(4)8/h2-3H,1H3. The second-order valence-electron chi connectivity index (χ2n) is 2.09. The fourth-order valence-corrected chi connectivity index (χ4v) is 1.04. The van der Waals surface area contributed by atoms with Crippen LogP contribution in [-0.4, -0.2) is 11.3 Å². The Balaban J connectivity index is 3.31. The molecule has 0 aliphatic heterocycles. The molecule has 0 spiro atoms. The summed E-state index contributed by atoms with van der Waals surface area (Å²) in [6.45, 7) is 1.76. The molecule has 11 heavy (non-hydrogen) atoms. The van der Waals surface area contributed by atoms with Gasteiger partial charge in [-0.1, -0.05) is 23.2 Å². The van der Waals surface area contributed by atoms with Gasteiger partial charge < -0.3 is 0 Å². The molecule has 1 aromatic rings. The maximum Gasteiger partial charge on any atom is 0.153 e. The number of aromatic nitrogens is 1. The molecule has 0 aliphatic carbocycles. The average Bonchev–Trinajstić information content (AvgIpc) is 1.97. The first kappa shape index (κ1) is 8.50. The highest BCUT2D eigenvalue weighted by molar-refractivity contribution is 6.34. The number of hydrogen-bond acceptors (Lipinski definition) is 2. The van der Waals surface area contributed by atoms with Crippen molar-refractivity contribution in [1.29, 1.82) is 0 Å². The molecule has 0 radical (unpaired) electrons. The number of carbonyl (C=O) groups is 1. The lowest BCUT2D eigenvalue weighted by Gasteiger charge is -1.98. The number of aryl methyl sites for hydroxylation is 1. The van der Waals surface area contributed by atoms with E-state index < -0.39 is 0 Å². The molecule has 0 atom stereocenters. The van der Waals surface area contributed by atoms with Crippen LogP contribution in [0, 0.1) is 6.92 Å². The summed E-state index contributed by atoms with van der Waals surface area (Å²) in [7, 11) is 0. The smallest absolute Gasteiger partial charge is 0.153 e. The lowest BCUT2D eigenvalue weighted by Crippen LogP contribution is -1.89. The summed E-state index contributed by atoms with van der Waals surface area (Å²) in [4.78, 5) is 14.1. The Kier molecular flexibility index (Phi) is 2.47. The number of rotatable bonds is 1. The third kappa shape index (κ3) is 1.70. The van der Waals surface area contributed by atoms with Crippen molar-refractivity contribution in [3.8, 4) is 0 Å². The number of carbonyl (C=O) groups excluding carboxylic acids is 1. The SMILES string of the molecule is Cc1cc(C=O)c(Cl)nc1Cl. The molecule has 1 heterocycles. The normalized spacial score (nSPS) is 9.73. The van der Waals surface area contributed by atoms with Gasteiger partial charge in [0.25, 0.3) is 0 Å². The van der Waals surface area contributed by atoms with Crippen molar-refractivity contribution in [3.05, 3.63) is 27.5 Å². The van der Waals surface area contributed by atoms with E-state index in [4.69, 9.17) is 23.2 Å². The maximum atomic E-state index is 10.3. The lowest BCUT2D eigenvalue weighted by atomic mass is 10.2. The van der Waals surface area contributed by atoms with Crippen molar-refractivity contribution in [1.82, 2.24) is 4.98 Å². The van der Waals surface area contributed by atoms with E-state index in [0.717, 1.165) is 5.56 Å². The molecule has 58 valence electrons. The van der Waals surface area contributed by atoms with Gasteiger partial charge in [-0.2, -0.15) is 0 Å². The second kappa shape index (κ2) is 3.20. The molecular weight excluding hydrogens is 185 g/mol. The Hall–Kier alpha value is -0.600. The van der Waals surface area contributed by atoms with Gasteiger partial charge in [-0.3, -0.25) is 4.79 Å². The van der Waals surface area contributed by atoms with Gasteiger partial charge in [0, 0.05) is 0 Å². The largest absolute Gasteiger partial charge is 0.298 e. The maximum absolute atomic E-state index is 10.3. The lowest BCUT2D eigenvalue weighted by molar-refractivity contribution is 0.112. The highest BCUT2D eigenvalue weighted by atomic mass is 35.5. The van der Waals surface area contributed by atoms with Crippen LogP contribution in [0.3, 0.4) is 0 Å². The van der Waals surface area contributed by atoms with Crippen molar-refractivity contribution in [2.24, 2.45) is 0 Å². The molecule has 0 bridgehead atoms.